The molecule has 0 aromatic carbocycles. The van der Waals surface area contributed by atoms with Crippen molar-refractivity contribution in [1.82, 2.24) is 4.90 Å². The van der Waals surface area contributed by atoms with Crippen LogP contribution in [-0.4, -0.2) is 49.3 Å². The molecule has 0 heterocycles. The molecule has 0 bridgehead atoms. The lowest BCUT2D eigenvalue weighted by atomic mass is 10.1. The smallest absolute Gasteiger partial charge is 0.332 e. The van der Waals surface area contributed by atoms with Crippen molar-refractivity contribution in [2.45, 2.75) is 64.4 Å². The molecule has 122 valence electrons. The molecule has 0 aliphatic carbocycles. The molecule has 1 unspecified atom stereocenters. The minimum absolute atomic E-state index is 0. The van der Waals surface area contributed by atoms with Crippen LogP contribution in [-0.2, 0) is 9.53 Å². The first-order valence-corrected chi connectivity index (χ1v) is 7.57. The number of ether oxygens (including phenoxy) is 1. The van der Waals surface area contributed by atoms with Crippen LogP contribution in [0.5, 0.6) is 0 Å². The van der Waals surface area contributed by atoms with Crippen LogP contribution >= 0.6 is 12.4 Å². The first kappa shape index (κ1) is 22.0. The van der Waals surface area contributed by atoms with Gasteiger partial charge in [-0.1, -0.05) is 51.9 Å². The van der Waals surface area contributed by atoms with E-state index < -0.39 is 12.1 Å². The second-order valence-electron chi connectivity index (χ2n) is 5.41. The Balaban J connectivity index is 0. The number of nitrogens with zero attached hydrogens (tertiary/aromatic N) is 1. The summed E-state index contributed by atoms with van der Waals surface area (Å²) in [6, 6.07) is 0. The van der Waals surface area contributed by atoms with Crippen molar-refractivity contribution in [1.29, 1.82) is 0 Å². The normalized spacial score (nSPS) is 12.2. The zero-order valence-corrected chi connectivity index (χ0v) is 14.1. The number of unbranched alkanes of at least 4 members (excludes halogenated alkanes) is 6. The van der Waals surface area contributed by atoms with Gasteiger partial charge in [0, 0.05) is 6.54 Å². The van der Waals surface area contributed by atoms with Crippen LogP contribution in [0.25, 0.3) is 0 Å². The number of carbonyl (C=O) groups is 1. The van der Waals surface area contributed by atoms with Crippen LogP contribution in [0, 0.1) is 0 Å². The zero-order valence-electron chi connectivity index (χ0n) is 13.3. The fourth-order valence-corrected chi connectivity index (χ4v) is 1.94. The van der Waals surface area contributed by atoms with Crippen molar-refractivity contribution in [3.63, 3.8) is 0 Å². The van der Waals surface area contributed by atoms with E-state index >= 15 is 0 Å². The highest BCUT2D eigenvalue weighted by atomic mass is 35.5. The molecule has 0 fully saturated rings. The van der Waals surface area contributed by atoms with Gasteiger partial charge in [-0.15, -0.1) is 12.4 Å². The Morgan fingerprint density at radius 3 is 2.15 bits per heavy atom. The molecule has 0 aromatic heterocycles. The highest BCUT2D eigenvalue weighted by Crippen LogP contribution is 2.11. The number of hydrogen-bond donors (Lipinski definition) is 1. The molecule has 0 saturated heterocycles. The Bertz CT molecular complexity index is 225. The standard InChI is InChI=1S/C15H31NO3.ClH/c1-4-5-6-7-8-9-10-11-14(15(17)18)19-13-12-16(2)3;/h14H,4-13H2,1-3H3,(H,17,18);1H. The van der Waals surface area contributed by atoms with Gasteiger partial charge in [-0.2, -0.15) is 0 Å². The van der Waals surface area contributed by atoms with Crippen molar-refractivity contribution < 1.29 is 14.6 Å². The maximum atomic E-state index is 11.0. The maximum Gasteiger partial charge on any atom is 0.332 e. The molecular weight excluding hydrogens is 278 g/mol. The number of likely N-dealkylation sites (N-methyl/N-ethyl adjacent to an activating group) is 1. The number of aliphatic carboxylic acids is 1. The molecule has 20 heavy (non-hydrogen) atoms. The Morgan fingerprint density at radius 1 is 1.10 bits per heavy atom. The summed E-state index contributed by atoms with van der Waals surface area (Å²) in [7, 11) is 3.91. The van der Waals surface area contributed by atoms with E-state index in [1.807, 2.05) is 19.0 Å². The Hall–Kier alpha value is -0.320. The monoisotopic (exact) mass is 309 g/mol. The van der Waals surface area contributed by atoms with Gasteiger partial charge in [0.2, 0.25) is 0 Å². The zero-order chi connectivity index (χ0) is 14.5. The molecule has 1 atom stereocenters. The molecule has 0 radical (unpaired) electrons. The molecule has 0 saturated carbocycles. The third-order valence-corrected chi connectivity index (χ3v) is 3.20. The lowest BCUT2D eigenvalue weighted by molar-refractivity contribution is -0.151. The molecule has 0 aliphatic rings. The van der Waals surface area contributed by atoms with Gasteiger partial charge in [0.25, 0.3) is 0 Å². The molecule has 1 N–H and O–H groups in total. The van der Waals surface area contributed by atoms with Crippen molar-refractivity contribution in [3.8, 4) is 0 Å². The van der Waals surface area contributed by atoms with Gasteiger partial charge in [0.05, 0.1) is 6.61 Å². The minimum atomic E-state index is -0.829. The topological polar surface area (TPSA) is 49.8 Å². The number of carboxylic acid groups (broad SMARTS) is 1. The SMILES string of the molecule is CCCCCCCCCC(OCCN(C)C)C(=O)O.Cl. The first-order valence-electron chi connectivity index (χ1n) is 7.57. The largest absolute Gasteiger partial charge is 0.479 e. The van der Waals surface area contributed by atoms with E-state index in [1.165, 1.54) is 32.1 Å². The highest BCUT2D eigenvalue weighted by molar-refractivity contribution is 5.85. The molecule has 0 amide bonds. The number of halogens is 1. The fourth-order valence-electron chi connectivity index (χ4n) is 1.94. The third-order valence-electron chi connectivity index (χ3n) is 3.20. The fraction of sp³-hybridized carbons (Fsp3) is 0.933. The van der Waals surface area contributed by atoms with Crippen LogP contribution in [0.2, 0.25) is 0 Å². The lowest BCUT2D eigenvalue weighted by Crippen LogP contribution is -2.28. The summed E-state index contributed by atoms with van der Waals surface area (Å²) in [6.45, 7) is 3.46. The van der Waals surface area contributed by atoms with Crippen LogP contribution in [0.4, 0.5) is 0 Å². The van der Waals surface area contributed by atoms with E-state index in [-0.39, 0.29) is 12.4 Å². The molecule has 0 spiro atoms. The number of rotatable bonds is 13. The van der Waals surface area contributed by atoms with Crippen molar-refractivity contribution in [3.05, 3.63) is 0 Å². The lowest BCUT2D eigenvalue weighted by Gasteiger charge is -2.15. The third kappa shape index (κ3) is 14.1. The minimum Gasteiger partial charge on any atom is -0.479 e. The van der Waals surface area contributed by atoms with E-state index in [4.69, 9.17) is 9.84 Å². The Morgan fingerprint density at radius 2 is 1.65 bits per heavy atom. The van der Waals surface area contributed by atoms with Crippen molar-refractivity contribution in [2.24, 2.45) is 0 Å². The number of carboxylic acids is 1. The van der Waals surface area contributed by atoms with Gasteiger partial charge in [-0.05, 0) is 20.5 Å². The highest BCUT2D eigenvalue weighted by Gasteiger charge is 2.17. The van der Waals surface area contributed by atoms with Crippen LogP contribution in [0.3, 0.4) is 0 Å². The van der Waals surface area contributed by atoms with E-state index in [1.54, 1.807) is 0 Å². The summed E-state index contributed by atoms with van der Waals surface area (Å²) in [5.74, 6) is -0.829. The molecule has 0 rings (SSSR count). The summed E-state index contributed by atoms with van der Waals surface area (Å²) in [5.41, 5.74) is 0. The quantitative estimate of drug-likeness (QED) is 0.528. The van der Waals surface area contributed by atoms with Crippen molar-refractivity contribution in [2.75, 3.05) is 27.2 Å². The second kappa shape index (κ2) is 15.1. The van der Waals surface area contributed by atoms with Crippen LogP contribution in [0.1, 0.15) is 58.3 Å². The van der Waals surface area contributed by atoms with E-state index in [9.17, 15) is 4.79 Å². The van der Waals surface area contributed by atoms with Gasteiger partial charge in [-0.3, -0.25) is 0 Å². The Kier molecular flexibility index (Phi) is 16.6. The molecular formula is C15H32ClNO3. The van der Waals surface area contributed by atoms with Gasteiger partial charge in [0.15, 0.2) is 6.10 Å². The van der Waals surface area contributed by atoms with Gasteiger partial charge in [-0.25, -0.2) is 4.79 Å². The van der Waals surface area contributed by atoms with Crippen LogP contribution < -0.4 is 0 Å². The van der Waals surface area contributed by atoms with E-state index in [0.717, 1.165) is 19.4 Å². The average molecular weight is 310 g/mol. The molecule has 0 aliphatic heterocycles. The number of hydrogen-bond acceptors (Lipinski definition) is 3. The summed E-state index contributed by atoms with van der Waals surface area (Å²) in [6.07, 6.45) is 8.43. The summed E-state index contributed by atoms with van der Waals surface area (Å²) in [5, 5.41) is 9.07. The summed E-state index contributed by atoms with van der Waals surface area (Å²) < 4.78 is 5.42. The van der Waals surface area contributed by atoms with E-state index in [0.29, 0.717) is 13.0 Å². The first-order chi connectivity index (χ1) is 9.07. The summed E-state index contributed by atoms with van der Waals surface area (Å²) >= 11 is 0. The summed E-state index contributed by atoms with van der Waals surface area (Å²) in [4.78, 5) is 13.0. The van der Waals surface area contributed by atoms with Crippen molar-refractivity contribution >= 4 is 18.4 Å². The van der Waals surface area contributed by atoms with Crippen LogP contribution in [0.15, 0.2) is 0 Å². The predicted molar refractivity (Wildman–Crippen MR) is 85.8 cm³/mol. The van der Waals surface area contributed by atoms with Gasteiger partial charge in [0.1, 0.15) is 0 Å². The maximum absolute atomic E-state index is 11.0. The average Bonchev–Trinajstić information content (AvgIpc) is 2.34. The molecule has 5 heteroatoms. The molecule has 0 aromatic rings. The second-order valence-corrected chi connectivity index (χ2v) is 5.41. The predicted octanol–water partition coefficient (Wildman–Crippen LogP) is 3.58. The van der Waals surface area contributed by atoms with E-state index in [2.05, 4.69) is 6.92 Å². The Labute approximate surface area is 130 Å². The molecule has 4 nitrogen and oxygen atoms in total. The van der Waals surface area contributed by atoms with Gasteiger partial charge >= 0.3 is 5.97 Å². The van der Waals surface area contributed by atoms with Gasteiger partial charge < -0.3 is 14.7 Å².